The summed E-state index contributed by atoms with van der Waals surface area (Å²) in [4.78, 5) is 34.3. The van der Waals surface area contributed by atoms with Crippen molar-refractivity contribution in [2.45, 2.75) is 26.7 Å². The Morgan fingerprint density at radius 2 is 1.88 bits per heavy atom. The molecule has 0 atom stereocenters. The molecule has 6 nitrogen and oxygen atoms in total. The number of amidine groups is 1. The molecule has 2 aliphatic rings. The second-order valence-corrected chi connectivity index (χ2v) is 8.62. The van der Waals surface area contributed by atoms with Crippen LogP contribution in [-0.2, 0) is 9.53 Å². The third kappa shape index (κ3) is 4.88. The summed E-state index contributed by atoms with van der Waals surface area (Å²) in [7, 11) is 0. The monoisotopic (exact) mass is 449 g/mol. The summed E-state index contributed by atoms with van der Waals surface area (Å²) >= 11 is 1.36. The van der Waals surface area contributed by atoms with E-state index in [2.05, 4.69) is 34.2 Å². The number of aliphatic imine (C=N–C) groups is 1. The fourth-order valence-electron chi connectivity index (χ4n) is 3.81. The summed E-state index contributed by atoms with van der Waals surface area (Å²) in [6.45, 7) is 6.76. The van der Waals surface area contributed by atoms with Crippen LogP contribution >= 0.6 is 11.8 Å². The van der Waals surface area contributed by atoms with Crippen molar-refractivity contribution in [3.05, 3.63) is 64.6 Å². The zero-order valence-corrected chi connectivity index (χ0v) is 19.2. The van der Waals surface area contributed by atoms with Gasteiger partial charge in [0.05, 0.1) is 22.8 Å². The normalized spacial score (nSPS) is 18.8. The number of carbonyl (C=O) groups is 2. The van der Waals surface area contributed by atoms with Gasteiger partial charge in [-0.1, -0.05) is 18.2 Å². The topological polar surface area (TPSA) is 62.2 Å². The van der Waals surface area contributed by atoms with Crippen molar-refractivity contribution < 1.29 is 14.3 Å². The van der Waals surface area contributed by atoms with Crippen molar-refractivity contribution >= 4 is 46.3 Å². The Labute approximate surface area is 193 Å². The molecule has 2 aliphatic heterocycles. The molecule has 0 bridgehead atoms. The third-order valence-corrected chi connectivity index (χ3v) is 6.46. The summed E-state index contributed by atoms with van der Waals surface area (Å²) in [6.07, 6.45) is 4.41. The van der Waals surface area contributed by atoms with E-state index in [4.69, 9.17) is 4.74 Å². The van der Waals surface area contributed by atoms with Crippen LogP contribution in [0.15, 0.2) is 58.4 Å². The molecule has 0 saturated carbocycles. The van der Waals surface area contributed by atoms with E-state index in [-0.39, 0.29) is 11.9 Å². The van der Waals surface area contributed by atoms with E-state index < -0.39 is 0 Å². The lowest BCUT2D eigenvalue weighted by Gasteiger charge is -2.17. The van der Waals surface area contributed by atoms with Gasteiger partial charge < -0.3 is 9.64 Å². The van der Waals surface area contributed by atoms with E-state index in [1.165, 1.54) is 30.3 Å². The molecule has 2 aromatic carbocycles. The Kier molecular flexibility index (Phi) is 6.95. The number of thioether (sulfide) groups is 1. The van der Waals surface area contributed by atoms with Crippen molar-refractivity contribution in [1.29, 1.82) is 0 Å². The first-order valence-electron chi connectivity index (χ1n) is 11.0. The Balaban J connectivity index is 1.55. The summed E-state index contributed by atoms with van der Waals surface area (Å²) in [5.41, 5.74) is 3.28. The second-order valence-electron chi connectivity index (χ2n) is 7.61. The molecule has 4 rings (SSSR count). The Bertz CT molecular complexity index is 1060. The molecule has 166 valence electrons. The zero-order chi connectivity index (χ0) is 22.5. The smallest absolute Gasteiger partial charge is 0.338 e. The Morgan fingerprint density at radius 3 is 2.56 bits per heavy atom. The average molecular weight is 450 g/mol. The van der Waals surface area contributed by atoms with E-state index in [0.29, 0.717) is 34.5 Å². The Hall–Kier alpha value is -3.06. The largest absolute Gasteiger partial charge is 0.462 e. The molecule has 32 heavy (non-hydrogen) atoms. The molecule has 0 N–H and O–H groups in total. The van der Waals surface area contributed by atoms with Crippen LogP contribution in [0.3, 0.4) is 0 Å². The fourth-order valence-corrected chi connectivity index (χ4v) is 4.87. The van der Waals surface area contributed by atoms with Crippen LogP contribution in [0.2, 0.25) is 0 Å². The molecule has 0 spiro atoms. The quantitative estimate of drug-likeness (QED) is 0.454. The molecule has 2 heterocycles. The molecular weight excluding hydrogens is 422 g/mol. The number of hydrogen-bond donors (Lipinski definition) is 0. The number of esters is 1. The molecule has 0 radical (unpaired) electrons. The number of likely N-dealkylation sites (N-methyl/N-ethyl adjacent to an activating group) is 1. The van der Waals surface area contributed by atoms with E-state index in [0.717, 1.165) is 18.7 Å². The van der Waals surface area contributed by atoms with E-state index in [1.54, 1.807) is 30.0 Å². The minimum absolute atomic E-state index is 0.0542. The lowest BCUT2D eigenvalue weighted by molar-refractivity contribution is -0.122. The molecule has 1 amide bonds. The Morgan fingerprint density at radius 1 is 1.12 bits per heavy atom. The van der Waals surface area contributed by atoms with Crippen LogP contribution in [0, 0.1) is 0 Å². The first kappa shape index (κ1) is 22.1. The lowest BCUT2D eigenvalue weighted by Crippen LogP contribution is -2.28. The molecule has 0 aliphatic carbocycles. The van der Waals surface area contributed by atoms with Gasteiger partial charge in [-0.15, -0.1) is 0 Å². The number of nitrogens with zero attached hydrogens (tertiary/aromatic N) is 3. The minimum Gasteiger partial charge on any atom is -0.462 e. The molecular formula is C25H27N3O3S. The number of rotatable bonds is 6. The first-order chi connectivity index (χ1) is 15.6. The first-order valence-corrected chi connectivity index (χ1v) is 11.8. The van der Waals surface area contributed by atoms with Crippen LogP contribution < -0.4 is 4.90 Å². The molecule has 2 fully saturated rings. The van der Waals surface area contributed by atoms with Gasteiger partial charge in [0, 0.05) is 25.3 Å². The second kappa shape index (κ2) is 10.0. The maximum atomic E-state index is 13.0. The number of benzene rings is 2. The van der Waals surface area contributed by atoms with Gasteiger partial charge in [-0.3, -0.25) is 9.69 Å². The summed E-state index contributed by atoms with van der Waals surface area (Å²) in [5, 5.41) is 0.610. The van der Waals surface area contributed by atoms with Crippen molar-refractivity contribution in [3.63, 3.8) is 0 Å². The molecule has 0 aromatic heterocycles. The van der Waals surface area contributed by atoms with Crippen molar-refractivity contribution in [1.82, 2.24) is 4.90 Å². The van der Waals surface area contributed by atoms with Gasteiger partial charge in [0.2, 0.25) is 0 Å². The predicted molar refractivity (Wildman–Crippen MR) is 130 cm³/mol. The van der Waals surface area contributed by atoms with Gasteiger partial charge in [-0.05, 0) is 80.4 Å². The van der Waals surface area contributed by atoms with Crippen LogP contribution in [0.5, 0.6) is 0 Å². The highest BCUT2D eigenvalue weighted by atomic mass is 32.2. The van der Waals surface area contributed by atoms with Crippen molar-refractivity contribution in [3.8, 4) is 0 Å². The number of hydrogen-bond acceptors (Lipinski definition) is 6. The van der Waals surface area contributed by atoms with Crippen LogP contribution in [0.4, 0.5) is 11.4 Å². The van der Waals surface area contributed by atoms with E-state index in [1.807, 2.05) is 19.1 Å². The number of ether oxygens (including phenoxy) is 1. The van der Waals surface area contributed by atoms with Gasteiger partial charge in [0.15, 0.2) is 5.17 Å². The number of anilines is 1. The van der Waals surface area contributed by atoms with Gasteiger partial charge in [-0.2, -0.15) is 0 Å². The van der Waals surface area contributed by atoms with Gasteiger partial charge in [0.1, 0.15) is 0 Å². The molecule has 2 saturated heterocycles. The lowest BCUT2D eigenvalue weighted by atomic mass is 10.2. The van der Waals surface area contributed by atoms with Crippen molar-refractivity contribution in [2.75, 3.05) is 31.1 Å². The number of carbonyl (C=O) groups excluding carboxylic acids is 2. The van der Waals surface area contributed by atoms with E-state index >= 15 is 0 Å². The molecule has 2 aromatic rings. The summed E-state index contributed by atoms with van der Waals surface area (Å²) in [6, 6.07) is 15.3. The zero-order valence-electron chi connectivity index (χ0n) is 18.4. The third-order valence-electron chi connectivity index (χ3n) is 5.45. The van der Waals surface area contributed by atoms with Crippen molar-refractivity contribution in [2.24, 2.45) is 4.99 Å². The minimum atomic E-state index is -0.380. The highest BCUT2D eigenvalue weighted by Crippen LogP contribution is 2.34. The maximum Gasteiger partial charge on any atom is 0.338 e. The SMILES string of the molecule is CCOC(=O)c1cccc(N=C2SC(=Cc3ccc(N4CCCC4)cc3)C(=O)N2CC)c1. The number of amides is 1. The van der Waals surface area contributed by atoms with Gasteiger partial charge in [-0.25, -0.2) is 9.79 Å². The summed E-state index contributed by atoms with van der Waals surface area (Å²) in [5.74, 6) is -0.434. The van der Waals surface area contributed by atoms with Gasteiger partial charge in [0.25, 0.3) is 5.91 Å². The van der Waals surface area contributed by atoms with Crippen LogP contribution in [0.1, 0.15) is 42.6 Å². The fraction of sp³-hybridized carbons (Fsp3) is 0.320. The highest BCUT2D eigenvalue weighted by molar-refractivity contribution is 8.18. The maximum absolute atomic E-state index is 13.0. The summed E-state index contributed by atoms with van der Waals surface area (Å²) < 4.78 is 5.07. The van der Waals surface area contributed by atoms with Gasteiger partial charge >= 0.3 is 5.97 Å². The average Bonchev–Trinajstić information content (AvgIpc) is 3.43. The standard InChI is InChI=1S/C25H27N3O3S/c1-3-28-23(29)22(16-18-10-12-21(13-11-18)27-14-5-6-15-27)32-25(28)26-20-9-7-8-19(17-20)24(30)31-4-2/h7-13,16-17H,3-6,14-15H2,1-2H3. The predicted octanol–water partition coefficient (Wildman–Crippen LogP) is 5.09. The highest BCUT2D eigenvalue weighted by Gasteiger charge is 2.32. The van der Waals surface area contributed by atoms with Crippen LogP contribution in [0.25, 0.3) is 6.08 Å². The van der Waals surface area contributed by atoms with E-state index in [9.17, 15) is 9.59 Å². The molecule has 7 heteroatoms. The van der Waals surface area contributed by atoms with Crippen LogP contribution in [-0.4, -0.2) is 48.2 Å². The molecule has 0 unspecified atom stereocenters.